The number of fused-ring (bicyclic) bond motifs is 1. The average Bonchev–Trinajstić information content (AvgIpc) is 2.47. The number of halogens is 1. The second-order valence-electron chi connectivity index (χ2n) is 5.58. The van der Waals surface area contributed by atoms with E-state index in [1.54, 1.807) is 0 Å². The molecule has 4 heteroatoms. The highest BCUT2D eigenvalue weighted by atomic mass is 79.9. The largest absolute Gasteiger partial charge is 0.480 e. The second kappa shape index (κ2) is 5.53. The van der Waals surface area contributed by atoms with Gasteiger partial charge in [-0.2, -0.15) is 0 Å². The van der Waals surface area contributed by atoms with Gasteiger partial charge in [0.2, 0.25) is 0 Å². The van der Waals surface area contributed by atoms with Gasteiger partial charge in [0.25, 0.3) is 0 Å². The van der Waals surface area contributed by atoms with Gasteiger partial charge in [0.05, 0.1) is 12.2 Å². The third-order valence-electron chi connectivity index (χ3n) is 3.29. The van der Waals surface area contributed by atoms with E-state index in [9.17, 15) is 0 Å². The average molecular weight is 345 g/mol. The maximum atomic E-state index is 5.95. The van der Waals surface area contributed by atoms with Gasteiger partial charge in [0.15, 0.2) is 5.75 Å². The Morgan fingerprint density at radius 1 is 1.24 bits per heavy atom. The molecule has 0 radical (unpaired) electrons. The van der Waals surface area contributed by atoms with Gasteiger partial charge in [0, 0.05) is 11.3 Å². The maximum absolute atomic E-state index is 5.95. The third kappa shape index (κ3) is 3.27. The predicted octanol–water partition coefficient (Wildman–Crippen LogP) is 4.64. The molecule has 3 nitrogen and oxygen atoms in total. The minimum Gasteiger partial charge on any atom is -0.480 e. The lowest BCUT2D eigenvalue weighted by Crippen LogP contribution is -2.28. The Morgan fingerprint density at radius 2 is 2.00 bits per heavy atom. The summed E-state index contributed by atoms with van der Waals surface area (Å²) < 4.78 is 6.70. The van der Waals surface area contributed by atoms with Crippen LogP contribution in [0.25, 0.3) is 6.08 Å². The minimum atomic E-state index is -0.291. The summed E-state index contributed by atoms with van der Waals surface area (Å²) in [7, 11) is 0. The lowest BCUT2D eigenvalue weighted by atomic mass is 10.0. The Morgan fingerprint density at radius 3 is 2.76 bits per heavy atom. The first-order valence-electron chi connectivity index (χ1n) is 6.90. The molecule has 0 unspecified atom stereocenters. The highest BCUT2D eigenvalue weighted by Crippen LogP contribution is 2.36. The van der Waals surface area contributed by atoms with E-state index < -0.39 is 0 Å². The summed E-state index contributed by atoms with van der Waals surface area (Å²) in [4.78, 5) is 4.56. The molecule has 0 amide bonds. The molecule has 0 aliphatic carbocycles. The SMILES string of the molecule is CC1(C)C=Cc2cc(CNc3ccccc3)nc(Br)c2O1. The molecule has 1 aromatic heterocycles. The summed E-state index contributed by atoms with van der Waals surface area (Å²) in [5.74, 6) is 0.811. The van der Waals surface area contributed by atoms with E-state index in [1.807, 2.05) is 44.2 Å². The van der Waals surface area contributed by atoms with Crippen molar-refractivity contribution in [1.82, 2.24) is 4.98 Å². The van der Waals surface area contributed by atoms with Crippen molar-refractivity contribution in [2.45, 2.75) is 26.0 Å². The van der Waals surface area contributed by atoms with Crippen LogP contribution in [0.3, 0.4) is 0 Å². The summed E-state index contributed by atoms with van der Waals surface area (Å²) in [6, 6.07) is 12.2. The number of rotatable bonds is 3. The zero-order chi connectivity index (χ0) is 14.9. The first-order chi connectivity index (χ1) is 10.0. The number of hydrogen-bond donors (Lipinski definition) is 1. The van der Waals surface area contributed by atoms with Crippen LogP contribution in [-0.2, 0) is 6.54 Å². The van der Waals surface area contributed by atoms with Crippen LogP contribution in [0.1, 0.15) is 25.1 Å². The fourth-order valence-corrected chi connectivity index (χ4v) is 2.76. The molecule has 1 aliphatic rings. The minimum absolute atomic E-state index is 0.291. The first kappa shape index (κ1) is 14.1. The number of nitrogens with one attached hydrogen (secondary N) is 1. The standard InChI is InChI=1S/C17H17BrN2O/c1-17(2)9-8-12-10-14(20-16(18)15(12)21-17)11-19-13-6-4-3-5-7-13/h3-10,19H,11H2,1-2H3. The predicted molar refractivity (Wildman–Crippen MR) is 89.4 cm³/mol. The van der Waals surface area contributed by atoms with Crippen molar-refractivity contribution in [1.29, 1.82) is 0 Å². The fourth-order valence-electron chi connectivity index (χ4n) is 2.22. The summed E-state index contributed by atoms with van der Waals surface area (Å²) in [5, 5.41) is 3.36. The van der Waals surface area contributed by atoms with Gasteiger partial charge in [-0.15, -0.1) is 0 Å². The molecule has 0 bridgehead atoms. The van der Waals surface area contributed by atoms with E-state index in [0.29, 0.717) is 6.54 Å². The number of hydrogen-bond acceptors (Lipinski definition) is 3. The van der Waals surface area contributed by atoms with Crippen LogP contribution in [0.2, 0.25) is 0 Å². The zero-order valence-electron chi connectivity index (χ0n) is 12.1. The molecular weight excluding hydrogens is 328 g/mol. The molecule has 0 saturated carbocycles. The van der Waals surface area contributed by atoms with Crippen LogP contribution in [0, 0.1) is 0 Å². The molecule has 1 aromatic carbocycles. The maximum Gasteiger partial charge on any atom is 0.160 e. The number of aromatic nitrogens is 1. The lowest BCUT2D eigenvalue weighted by molar-refractivity contribution is 0.157. The van der Waals surface area contributed by atoms with Crippen LogP contribution >= 0.6 is 15.9 Å². The molecule has 108 valence electrons. The van der Waals surface area contributed by atoms with Gasteiger partial charge in [0.1, 0.15) is 10.2 Å². The molecule has 1 N–H and O–H groups in total. The molecule has 0 atom stereocenters. The lowest BCUT2D eigenvalue weighted by Gasteiger charge is -2.28. The summed E-state index contributed by atoms with van der Waals surface area (Å²) >= 11 is 3.51. The van der Waals surface area contributed by atoms with Gasteiger partial charge in [-0.25, -0.2) is 4.98 Å². The smallest absolute Gasteiger partial charge is 0.160 e. The van der Waals surface area contributed by atoms with Crippen molar-refractivity contribution >= 4 is 27.7 Å². The monoisotopic (exact) mass is 344 g/mol. The molecule has 2 aromatic rings. The number of pyridine rings is 1. The van der Waals surface area contributed by atoms with E-state index in [0.717, 1.165) is 27.3 Å². The van der Waals surface area contributed by atoms with E-state index in [4.69, 9.17) is 4.74 Å². The van der Waals surface area contributed by atoms with Crippen LogP contribution < -0.4 is 10.1 Å². The fraction of sp³-hybridized carbons (Fsp3) is 0.235. The van der Waals surface area contributed by atoms with E-state index in [1.165, 1.54) is 0 Å². The highest BCUT2D eigenvalue weighted by Gasteiger charge is 2.24. The van der Waals surface area contributed by atoms with Crippen molar-refractivity contribution in [3.8, 4) is 5.75 Å². The highest BCUT2D eigenvalue weighted by molar-refractivity contribution is 9.10. The quantitative estimate of drug-likeness (QED) is 0.823. The Kier molecular flexibility index (Phi) is 3.72. The summed E-state index contributed by atoms with van der Waals surface area (Å²) in [6.45, 7) is 4.74. The molecule has 0 fully saturated rings. The molecular formula is C17H17BrN2O. The summed E-state index contributed by atoms with van der Waals surface area (Å²) in [5.41, 5.74) is 2.82. The van der Waals surface area contributed by atoms with Gasteiger partial charge < -0.3 is 10.1 Å². The number of para-hydroxylation sites is 1. The Bertz CT molecular complexity index is 681. The van der Waals surface area contributed by atoms with Crippen LogP contribution in [0.15, 0.2) is 47.1 Å². The van der Waals surface area contributed by atoms with Crippen molar-refractivity contribution in [3.63, 3.8) is 0 Å². The van der Waals surface area contributed by atoms with Gasteiger partial charge >= 0.3 is 0 Å². The van der Waals surface area contributed by atoms with Crippen molar-refractivity contribution < 1.29 is 4.74 Å². The normalized spacial score (nSPS) is 15.2. The third-order valence-corrected chi connectivity index (χ3v) is 3.83. The molecule has 0 spiro atoms. The molecule has 2 heterocycles. The van der Waals surface area contributed by atoms with Crippen LogP contribution in [0.5, 0.6) is 5.75 Å². The number of benzene rings is 1. The number of nitrogens with zero attached hydrogens (tertiary/aromatic N) is 1. The Balaban J connectivity index is 1.81. The van der Waals surface area contributed by atoms with Crippen molar-refractivity contribution in [2.75, 3.05) is 5.32 Å². The van der Waals surface area contributed by atoms with E-state index in [2.05, 4.69) is 44.4 Å². The second-order valence-corrected chi connectivity index (χ2v) is 6.33. The molecule has 21 heavy (non-hydrogen) atoms. The van der Waals surface area contributed by atoms with Crippen molar-refractivity contribution in [2.24, 2.45) is 0 Å². The van der Waals surface area contributed by atoms with Gasteiger partial charge in [-0.05, 0) is 54.1 Å². The van der Waals surface area contributed by atoms with Crippen molar-refractivity contribution in [3.05, 3.63) is 58.3 Å². The van der Waals surface area contributed by atoms with Crippen LogP contribution in [-0.4, -0.2) is 10.6 Å². The number of anilines is 1. The molecule has 3 rings (SSSR count). The topological polar surface area (TPSA) is 34.2 Å². The van der Waals surface area contributed by atoms with Gasteiger partial charge in [-0.1, -0.05) is 24.3 Å². The Labute approximate surface area is 133 Å². The number of ether oxygens (including phenoxy) is 1. The molecule has 0 saturated heterocycles. The molecule has 1 aliphatic heterocycles. The first-order valence-corrected chi connectivity index (χ1v) is 7.69. The zero-order valence-corrected chi connectivity index (χ0v) is 13.6. The van der Waals surface area contributed by atoms with Crippen LogP contribution in [0.4, 0.5) is 5.69 Å². The van der Waals surface area contributed by atoms with Gasteiger partial charge in [-0.3, -0.25) is 0 Å². The Hall–Kier alpha value is -1.81. The van der Waals surface area contributed by atoms with E-state index >= 15 is 0 Å². The summed E-state index contributed by atoms with van der Waals surface area (Å²) in [6.07, 6.45) is 4.16. The van der Waals surface area contributed by atoms with E-state index in [-0.39, 0.29) is 5.60 Å².